The Morgan fingerprint density at radius 2 is 2.11 bits per heavy atom. The van der Waals surface area contributed by atoms with E-state index < -0.39 is 0 Å². The van der Waals surface area contributed by atoms with Gasteiger partial charge in [0, 0.05) is 23.9 Å². The number of aryl methyl sites for hydroxylation is 1. The minimum Gasteiger partial charge on any atom is -0.469 e. The molecule has 0 bridgehead atoms. The van der Waals surface area contributed by atoms with Crippen LogP contribution >= 0.6 is 0 Å². The third-order valence-corrected chi connectivity index (χ3v) is 2.57. The second-order valence-electron chi connectivity index (χ2n) is 3.75. The topological polar surface area (TPSA) is 56.0 Å². The summed E-state index contributed by atoms with van der Waals surface area (Å²) in [7, 11) is 1.39. The van der Waals surface area contributed by atoms with Crippen LogP contribution in [-0.4, -0.2) is 23.0 Å². The van der Waals surface area contributed by atoms with E-state index in [4.69, 9.17) is 0 Å². The van der Waals surface area contributed by atoms with Gasteiger partial charge in [-0.15, -0.1) is 0 Å². The molecule has 5 heteroatoms. The summed E-state index contributed by atoms with van der Waals surface area (Å²) < 4.78 is 6.53. The molecule has 2 aromatic rings. The number of rotatable bonds is 4. The summed E-state index contributed by atoms with van der Waals surface area (Å²) in [5.41, 5.74) is 1.90. The molecule has 0 radical (unpaired) electrons. The number of aromatic nitrogens is 3. The molecule has 0 aromatic carbocycles. The quantitative estimate of drug-likeness (QED) is 0.594. The molecule has 0 aliphatic rings. The van der Waals surface area contributed by atoms with Crippen LogP contribution in [0, 0.1) is 0 Å². The summed E-state index contributed by atoms with van der Waals surface area (Å²) in [4.78, 5) is 19.1. The maximum atomic E-state index is 11.0. The number of hydrogen-bond donors (Lipinski definition) is 0. The SMILES string of the molecule is COC(=O)CC[n+]1ccc(-c2ccncn2)cc1. The number of carbonyl (C=O) groups is 1. The second-order valence-corrected chi connectivity index (χ2v) is 3.75. The van der Waals surface area contributed by atoms with Crippen molar-refractivity contribution < 1.29 is 14.1 Å². The van der Waals surface area contributed by atoms with Gasteiger partial charge in [0.2, 0.25) is 0 Å². The van der Waals surface area contributed by atoms with Gasteiger partial charge in [-0.3, -0.25) is 4.79 Å². The molecule has 2 heterocycles. The summed E-state index contributed by atoms with van der Waals surface area (Å²) >= 11 is 0. The first-order valence-electron chi connectivity index (χ1n) is 5.62. The average molecular weight is 244 g/mol. The van der Waals surface area contributed by atoms with E-state index in [-0.39, 0.29) is 5.97 Å². The zero-order valence-electron chi connectivity index (χ0n) is 10.1. The molecule has 0 fully saturated rings. The van der Waals surface area contributed by atoms with Crippen molar-refractivity contribution in [2.45, 2.75) is 13.0 Å². The van der Waals surface area contributed by atoms with Crippen molar-refractivity contribution >= 4 is 5.97 Å². The number of pyridine rings is 1. The maximum absolute atomic E-state index is 11.0. The summed E-state index contributed by atoms with van der Waals surface area (Å²) in [5.74, 6) is -0.206. The van der Waals surface area contributed by atoms with Gasteiger partial charge in [-0.25, -0.2) is 14.5 Å². The fourth-order valence-corrected chi connectivity index (χ4v) is 1.56. The Bertz CT molecular complexity index is 512. The number of hydrogen-bond acceptors (Lipinski definition) is 4. The molecular formula is C13H14N3O2+. The van der Waals surface area contributed by atoms with E-state index in [2.05, 4.69) is 14.7 Å². The van der Waals surface area contributed by atoms with E-state index in [1.54, 1.807) is 6.20 Å². The second kappa shape index (κ2) is 5.86. The van der Waals surface area contributed by atoms with E-state index >= 15 is 0 Å². The predicted octanol–water partition coefficient (Wildman–Crippen LogP) is 0.994. The lowest BCUT2D eigenvalue weighted by Gasteiger charge is -1.99. The average Bonchev–Trinajstić information content (AvgIpc) is 2.46. The highest BCUT2D eigenvalue weighted by Crippen LogP contribution is 2.12. The van der Waals surface area contributed by atoms with E-state index in [1.165, 1.54) is 13.4 Å². The number of ether oxygens (including phenoxy) is 1. The standard InChI is InChI=1S/C13H14N3O2/c1-18-13(17)5-9-16-7-3-11(4-8-16)12-2-6-14-10-15-12/h2-4,6-8,10H,5,9H2,1H3/q+1. The van der Waals surface area contributed by atoms with Crippen molar-refractivity contribution in [2.75, 3.05) is 7.11 Å². The monoisotopic (exact) mass is 244 g/mol. The summed E-state index contributed by atoms with van der Waals surface area (Å²) in [5, 5.41) is 0. The molecular weight excluding hydrogens is 230 g/mol. The van der Waals surface area contributed by atoms with Gasteiger partial charge in [-0.05, 0) is 6.07 Å². The van der Waals surface area contributed by atoms with Crippen LogP contribution in [0.3, 0.4) is 0 Å². The van der Waals surface area contributed by atoms with Crippen molar-refractivity contribution in [3.05, 3.63) is 43.1 Å². The molecule has 92 valence electrons. The van der Waals surface area contributed by atoms with Gasteiger partial charge in [0.05, 0.1) is 12.8 Å². The lowest BCUT2D eigenvalue weighted by molar-refractivity contribution is -0.695. The van der Waals surface area contributed by atoms with Gasteiger partial charge in [0.1, 0.15) is 12.7 Å². The van der Waals surface area contributed by atoms with Crippen molar-refractivity contribution in [2.24, 2.45) is 0 Å². The Labute approximate surface area is 105 Å². The highest BCUT2D eigenvalue weighted by atomic mass is 16.5. The zero-order valence-corrected chi connectivity index (χ0v) is 10.1. The molecule has 2 aromatic heterocycles. The Balaban J connectivity index is 2.04. The van der Waals surface area contributed by atoms with E-state index in [0.717, 1.165) is 11.3 Å². The normalized spacial score (nSPS) is 10.1. The molecule has 0 saturated heterocycles. The van der Waals surface area contributed by atoms with Gasteiger partial charge in [-0.1, -0.05) is 0 Å². The van der Waals surface area contributed by atoms with Crippen molar-refractivity contribution in [1.29, 1.82) is 0 Å². The molecule has 0 spiro atoms. The smallest absolute Gasteiger partial charge is 0.311 e. The first kappa shape index (κ1) is 12.2. The molecule has 0 atom stereocenters. The van der Waals surface area contributed by atoms with Crippen LogP contribution in [-0.2, 0) is 16.1 Å². The Morgan fingerprint density at radius 1 is 1.33 bits per heavy atom. The number of methoxy groups -OCH3 is 1. The molecule has 0 unspecified atom stereocenters. The fraction of sp³-hybridized carbons (Fsp3) is 0.231. The maximum Gasteiger partial charge on any atom is 0.311 e. The van der Waals surface area contributed by atoms with E-state index in [9.17, 15) is 4.79 Å². The van der Waals surface area contributed by atoms with Gasteiger partial charge in [0.15, 0.2) is 18.9 Å². The number of carbonyl (C=O) groups excluding carboxylic acids is 1. The van der Waals surface area contributed by atoms with Crippen LogP contribution in [0.25, 0.3) is 11.3 Å². The van der Waals surface area contributed by atoms with Crippen LogP contribution in [0.1, 0.15) is 6.42 Å². The third kappa shape index (κ3) is 3.10. The third-order valence-electron chi connectivity index (χ3n) is 2.57. The van der Waals surface area contributed by atoms with Crippen LogP contribution in [0.5, 0.6) is 0 Å². The minimum atomic E-state index is -0.206. The fourth-order valence-electron chi connectivity index (χ4n) is 1.56. The van der Waals surface area contributed by atoms with Gasteiger partial charge < -0.3 is 4.74 Å². The van der Waals surface area contributed by atoms with Gasteiger partial charge in [0.25, 0.3) is 0 Å². The van der Waals surface area contributed by atoms with Crippen molar-refractivity contribution in [3.63, 3.8) is 0 Å². The lowest BCUT2D eigenvalue weighted by atomic mass is 10.2. The summed E-state index contributed by atoms with van der Waals surface area (Å²) in [6.45, 7) is 0.608. The molecule has 0 aliphatic carbocycles. The molecule has 5 nitrogen and oxygen atoms in total. The predicted molar refractivity (Wildman–Crippen MR) is 64.3 cm³/mol. The van der Waals surface area contributed by atoms with Crippen LogP contribution in [0.4, 0.5) is 0 Å². The summed E-state index contributed by atoms with van der Waals surface area (Å²) in [6, 6.07) is 5.77. The Hall–Kier alpha value is -2.30. The molecule has 0 amide bonds. The zero-order chi connectivity index (χ0) is 12.8. The first-order chi connectivity index (χ1) is 8.79. The van der Waals surface area contributed by atoms with Crippen LogP contribution in [0.15, 0.2) is 43.1 Å². The lowest BCUT2D eigenvalue weighted by Crippen LogP contribution is -2.33. The largest absolute Gasteiger partial charge is 0.469 e. The van der Waals surface area contributed by atoms with Crippen molar-refractivity contribution in [3.8, 4) is 11.3 Å². The number of nitrogens with zero attached hydrogens (tertiary/aromatic N) is 3. The Morgan fingerprint density at radius 3 is 2.72 bits per heavy atom. The molecule has 0 aliphatic heterocycles. The minimum absolute atomic E-state index is 0.206. The number of esters is 1. The van der Waals surface area contributed by atoms with E-state index in [0.29, 0.717) is 13.0 Å². The molecule has 2 rings (SSSR count). The van der Waals surface area contributed by atoms with E-state index in [1.807, 2.05) is 35.2 Å². The van der Waals surface area contributed by atoms with Crippen molar-refractivity contribution in [1.82, 2.24) is 9.97 Å². The van der Waals surface area contributed by atoms with Crippen LogP contribution < -0.4 is 4.57 Å². The molecule has 0 N–H and O–H groups in total. The van der Waals surface area contributed by atoms with Gasteiger partial charge >= 0.3 is 5.97 Å². The van der Waals surface area contributed by atoms with Crippen LogP contribution in [0.2, 0.25) is 0 Å². The highest BCUT2D eigenvalue weighted by molar-refractivity contribution is 5.68. The molecule has 18 heavy (non-hydrogen) atoms. The first-order valence-corrected chi connectivity index (χ1v) is 5.62. The molecule has 0 saturated carbocycles. The highest BCUT2D eigenvalue weighted by Gasteiger charge is 2.07. The Kier molecular flexibility index (Phi) is 3.96. The summed E-state index contributed by atoms with van der Waals surface area (Å²) in [6.07, 6.45) is 7.43. The van der Waals surface area contributed by atoms with Gasteiger partial charge in [-0.2, -0.15) is 0 Å².